The number of nitrogens with one attached hydrogen (secondary N) is 1. The van der Waals surface area contributed by atoms with Gasteiger partial charge >= 0.3 is 0 Å². The lowest BCUT2D eigenvalue weighted by Crippen LogP contribution is -2.26. The number of benzene rings is 1. The number of rotatable bonds is 9. The van der Waals surface area contributed by atoms with Crippen molar-refractivity contribution >= 4 is 16.9 Å². The highest BCUT2D eigenvalue weighted by Crippen LogP contribution is 2.19. The van der Waals surface area contributed by atoms with E-state index in [9.17, 15) is 4.79 Å². The SMILES string of the molecule is Cc1nc2c(cnn2C(C)C)cc1C(=O)NCCCOCCc1ccccc1. The van der Waals surface area contributed by atoms with Crippen LogP contribution in [0.2, 0.25) is 0 Å². The first kappa shape index (κ1) is 20.0. The predicted molar refractivity (Wildman–Crippen MR) is 111 cm³/mol. The van der Waals surface area contributed by atoms with E-state index < -0.39 is 0 Å². The standard InChI is InChI=1S/C22H28N4O2/c1-16(2)26-21-19(15-24-26)14-20(17(3)25-21)22(27)23-11-7-12-28-13-10-18-8-5-4-6-9-18/h4-6,8-9,14-16H,7,10-13H2,1-3H3,(H,23,27). The molecule has 0 saturated carbocycles. The maximum absolute atomic E-state index is 12.5. The fourth-order valence-corrected chi connectivity index (χ4v) is 3.08. The van der Waals surface area contributed by atoms with Crippen molar-refractivity contribution in [2.45, 2.75) is 39.7 Å². The molecule has 0 bridgehead atoms. The first-order valence-electron chi connectivity index (χ1n) is 9.81. The third-order valence-electron chi connectivity index (χ3n) is 4.62. The molecule has 3 rings (SSSR count). The Morgan fingerprint density at radius 2 is 2.00 bits per heavy atom. The van der Waals surface area contributed by atoms with Gasteiger partial charge in [0.05, 0.1) is 24.1 Å². The normalized spacial score (nSPS) is 11.3. The third-order valence-corrected chi connectivity index (χ3v) is 4.62. The number of nitrogens with zero attached hydrogens (tertiary/aromatic N) is 3. The second-order valence-corrected chi connectivity index (χ2v) is 7.17. The number of fused-ring (bicyclic) bond motifs is 1. The molecule has 1 N–H and O–H groups in total. The van der Waals surface area contributed by atoms with Crippen molar-refractivity contribution in [3.8, 4) is 0 Å². The number of aryl methyl sites for hydroxylation is 1. The van der Waals surface area contributed by atoms with Crippen LogP contribution in [0.3, 0.4) is 0 Å². The lowest BCUT2D eigenvalue weighted by atomic mass is 10.1. The molecular weight excluding hydrogens is 352 g/mol. The lowest BCUT2D eigenvalue weighted by Gasteiger charge is -2.10. The van der Waals surface area contributed by atoms with Crippen molar-refractivity contribution in [2.24, 2.45) is 0 Å². The molecule has 148 valence electrons. The molecule has 0 saturated heterocycles. The van der Waals surface area contributed by atoms with Gasteiger partial charge in [0.2, 0.25) is 0 Å². The average molecular weight is 380 g/mol. The zero-order valence-corrected chi connectivity index (χ0v) is 16.8. The van der Waals surface area contributed by atoms with Crippen molar-refractivity contribution in [3.63, 3.8) is 0 Å². The predicted octanol–water partition coefficient (Wildman–Crippen LogP) is 3.70. The Kier molecular flexibility index (Phi) is 6.76. The minimum atomic E-state index is -0.103. The Labute approximate surface area is 165 Å². The molecular formula is C22H28N4O2. The van der Waals surface area contributed by atoms with Crippen LogP contribution in [0.15, 0.2) is 42.6 Å². The lowest BCUT2D eigenvalue weighted by molar-refractivity contribution is 0.0941. The van der Waals surface area contributed by atoms with Gasteiger partial charge in [-0.3, -0.25) is 4.79 Å². The Morgan fingerprint density at radius 3 is 2.75 bits per heavy atom. The molecule has 0 aliphatic rings. The number of carbonyl (C=O) groups excluding carboxylic acids is 1. The number of hydrogen-bond donors (Lipinski definition) is 1. The van der Waals surface area contributed by atoms with Crippen LogP contribution in [0.4, 0.5) is 0 Å². The van der Waals surface area contributed by atoms with Crippen molar-refractivity contribution < 1.29 is 9.53 Å². The summed E-state index contributed by atoms with van der Waals surface area (Å²) in [6.07, 6.45) is 3.45. The van der Waals surface area contributed by atoms with Crippen molar-refractivity contribution in [1.29, 1.82) is 0 Å². The van der Waals surface area contributed by atoms with Gasteiger partial charge in [-0.2, -0.15) is 5.10 Å². The highest BCUT2D eigenvalue weighted by molar-refractivity contribution is 5.98. The molecule has 1 amide bonds. The first-order valence-corrected chi connectivity index (χ1v) is 9.81. The summed E-state index contributed by atoms with van der Waals surface area (Å²) in [6, 6.07) is 12.4. The van der Waals surface area contributed by atoms with Crippen LogP contribution < -0.4 is 5.32 Å². The van der Waals surface area contributed by atoms with Gasteiger partial charge in [-0.25, -0.2) is 9.67 Å². The Hall–Kier alpha value is -2.73. The maximum atomic E-state index is 12.5. The van der Waals surface area contributed by atoms with Crippen LogP contribution in [0, 0.1) is 6.92 Å². The highest BCUT2D eigenvalue weighted by atomic mass is 16.5. The van der Waals surface area contributed by atoms with E-state index in [4.69, 9.17) is 4.74 Å². The van der Waals surface area contributed by atoms with Gasteiger partial charge in [0, 0.05) is 24.6 Å². The zero-order valence-electron chi connectivity index (χ0n) is 16.8. The van der Waals surface area contributed by atoms with Crippen molar-refractivity contribution in [1.82, 2.24) is 20.1 Å². The topological polar surface area (TPSA) is 69.0 Å². The molecule has 2 aromatic heterocycles. The molecule has 0 spiro atoms. The molecule has 1 aromatic carbocycles. The summed E-state index contributed by atoms with van der Waals surface area (Å²) < 4.78 is 7.53. The van der Waals surface area contributed by atoms with Gasteiger partial charge < -0.3 is 10.1 Å². The summed E-state index contributed by atoms with van der Waals surface area (Å²) in [5.41, 5.74) is 3.40. The van der Waals surface area contributed by atoms with E-state index in [1.54, 1.807) is 6.20 Å². The van der Waals surface area contributed by atoms with Crippen LogP contribution >= 0.6 is 0 Å². The number of pyridine rings is 1. The fraction of sp³-hybridized carbons (Fsp3) is 0.409. The molecule has 6 nitrogen and oxygen atoms in total. The van der Waals surface area contributed by atoms with E-state index in [-0.39, 0.29) is 11.9 Å². The summed E-state index contributed by atoms with van der Waals surface area (Å²) in [6.45, 7) is 7.88. The smallest absolute Gasteiger partial charge is 0.253 e. The van der Waals surface area contributed by atoms with E-state index in [1.807, 2.05) is 35.9 Å². The largest absolute Gasteiger partial charge is 0.381 e. The van der Waals surface area contributed by atoms with Crippen molar-refractivity contribution in [2.75, 3.05) is 19.8 Å². The molecule has 2 heterocycles. The minimum Gasteiger partial charge on any atom is -0.381 e. The summed E-state index contributed by atoms with van der Waals surface area (Å²) in [5.74, 6) is -0.103. The van der Waals surface area contributed by atoms with E-state index in [0.717, 1.165) is 23.9 Å². The molecule has 0 aliphatic heterocycles. The Balaban J connectivity index is 1.44. The Bertz CT molecular complexity index is 919. The molecule has 0 aliphatic carbocycles. The summed E-state index contributed by atoms with van der Waals surface area (Å²) in [4.78, 5) is 17.1. The number of ether oxygens (including phenoxy) is 1. The highest BCUT2D eigenvalue weighted by Gasteiger charge is 2.14. The zero-order chi connectivity index (χ0) is 19.9. The molecule has 3 aromatic rings. The molecule has 0 fully saturated rings. The van der Waals surface area contributed by atoms with Gasteiger partial charge in [0.25, 0.3) is 5.91 Å². The number of hydrogen-bond acceptors (Lipinski definition) is 4. The van der Waals surface area contributed by atoms with Gasteiger partial charge in [0.1, 0.15) is 0 Å². The van der Waals surface area contributed by atoms with E-state index in [0.29, 0.717) is 31.0 Å². The number of carbonyl (C=O) groups is 1. The minimum absolute atomic E-state index is 0.103. The second kappa shape index (κ2) is 9.46. The van der Waals surface area contributed by atoms with Crippen LogP contribution in [0.5, 0.6) is 0 Å². The Morgan fingerprint density at radius 1 is 1.21 bits per heavy atom. The fourth-order valence-electron chi connectivity index (χ4n) is 3.08. The van der Waals surface area contributed by atoms with Crippen LogP contribution in [0.1, 0.15) is 47.9 Å². The molecule has 0 atom stereocenters. The average Bonchev–Trinajstić information content (AvgIpc) is 3.10. The van der Waals surface area contributed by atoms with Gasteiger partial charge in [0.15, 0.2) is 5.65 Å². The van der Waals surface area contributed by atoms with Crippen LogP contribution in [0.25, 0.3) is 11.0 Å². The quantitative estimate of drug-likeness (QED) is 0.575. The summed E-state index contributed by atoms with van der Waals surface area (Å²) in [7, 11) is 0. The molecule has 6 heteroatoms. The van der Waals surface area contributed by atoms with Crippen LogP contribution in [-0.2, 0) is 11.2 Å². The van der Waals surface area contributed by atoms with Gasteiger partial charge in [-0.05, 0) is 45.2 Å². The number of aromatic nitrogens is 3. The molecule has 0 unspecified atom stereocenters. The van der Waals surface area contributed by atoms with E-state index in [2.05, 4.69) is 41.4 Å². The third kappa shape index (κ3) is 4.95. The molecule has 0 radical (unpaired) electrons. The van der Waals surface area contributed by atoms with Gasteiger partial charge in [-0.15, -0.1) is 0 Å². The summed E-state index contributed by atoms with van der Waals surface area (Å²) >= 11 is 0. The number of amides is 1. The monoisotopic (exact) mass is 380 g/mol. The maximum Gasteiger partial charge on any atom is 0.253 e. The van der Waals surface area contributed by atoms with Gasteiger partial charge in [-0.1, -0.05) is 30.3 Å². The summed E-state index contributed by atoms with van der Waals surface area (Å²) in [5, 5.41) is 8.21. The van der Waals surface area contributed by atoms with Crippen LogP contribution in [-0.4, -0.2) is 40.4 Å². The first-order chi connectivity index (χ1) is 13.6. The van der Waals surface area contributed by atoms with E-state index in [1.165, 1.54) is 5.56 Å². The molecule has 28 heavy (non-hydrogen) atoms. The van der Waals surface area contributed by atoms with E-state index >= 15 is 0 Å². The van der Waals surface area contributed by atoms with Crippen molar-refractivity contribution in [3.05, 3.63) is 59.4 Å². The second-order valence-electron chi connectivity index (χ2n) is 7.17.